The maximum absolute atomic E-state index is 14.0. The number of carbonyl (C=O) groups excluding carboxylic acids is 6. The van der Waals surface area contributed by atoms with E-state index in [-0.39, 0.29) is 129 Å². The minimum Gasteiger partial charge on any atom is -0.444 e. The zero-order chi connectivity index (χ0) is 97.2. The quantitative estimate of drug-likeness (QED) is 0.00947. The van der Waals surface area contributed by atoms with Crippen molar-refractivity contribution in [1.29, 1.82) is 10.5 Å². The van der Waals surface area contributed by atoms with Crippen LogP contribution in [-0.4, -0.2) is 151 Å². The molecule has 33 nitrogen and oxygen atoms in total. The van der Waals surface area contributed by atoms with Crippen LogP contribution in [0.25, 0.3) is 34.0 Å². The number of rotatable bonds is 18. The number of likely N-dealkylation sites (tertiary alicyclic amines) is 1. The van der Waals surface area contributed by atoms with Gasteiger partial charge in [-0.1, -0.05) is 131 Å². The van der Waals surface area contributed by atoms with Crippen molar-refractivity contribution in [2.24, 2.45) is 17.5 Å². The highest BCUT2D eigenvalue weighted by Crippen LogP contribution is 2.29. The Morgan fingerprint density at radius 3 is 1.44 bits per heavy atom. The zero-order valence-electron chi connectivity index (χ0n) is 70.9. The van der Waals surface area contributed by atoms with Crippen LogP contribution in [-0.2, 0) is 35.7 Å². The number of carbonyl (C=O) groups is 6. The van der Waals surface area contributed by atoms with Crippen LogP contribution < -0.4 is 66.4 Å². The highest BCUT2D eigenvalue weighted by molar-refractivity contribution is 9.10. The molecule has 12 aromatic rings. The third-order valence-corrected chi connectivity index (χ3v) is 20.4. The molecule has 1 unspecified atom stereocenters. The fraction of sp³-hybridized carbons (Fsp3) is 0.205. The number of benzene rings is 8. The molecule has 0 bridgehead atoms. The average Bonchev–Trinajstić information content (AvgIpc) is 1.66. The SMILES string of the molecule is CC(C)(C)OC(=O)N1CCC[C@H](C(=O)NN)C1.N#Cc1nc(-c2cccc(C(=O)NCc3ccc(Cl)cc3F)c2)cnc1N.N#Cc1nc(Br)cnc1N.NCc1ccc(Cl)cc1F.Nc1ncc(-c2cccc(C(=O)NCc3ccc(Cl)cc3F)c2)nc1-c1n[nH]c(C2CCCNC2)n1.O=C(Cl)c1cccc(B(O)O)c1.O=C(NCc1ccc(Cl)cc1F)c1cccc(B(O)O)c1. The van der Waals surface area contributed by atoms with Gasteiger partial charge in [0.2, 0.25) is 11.7 Å². The molecular formula is C88H86B2BrCl5F4N22O11. The lowest BCUT2D eigenvalue weighted by molar-refractivity contribution is -0.126. The summed E-state index contributed by atoms with van der Waals surface area (Å²) in [5.74, 6) is 3.50. The summed E-state index contributed by atoms with van der Waals surface area (Å²) >= 11 is 30.9. The monoisotopic (exact) mass is 1980 g/mol. The number of hydrogen-bond acceptors (Lipinski definition) is 27. The first kappa shape index (κ1) is 105. The number of aromatic nitrogens is 9. The molecule has 0 saturated carbocycles. The van der Waals surface area contributed by atoms with Crippen molar-refractivity contribution in [2.45, 2.75) is 84.2 Å². The lowest BCUT2D eigenvalue weighted by Gasteiger charge is -2.33. The largest absolute Gasteiger partial charge is 0.488 e. The Kier molecular flexibility index (Phi) is 40.8. The third kappa shape index (κ3) is 33.3. The van der Waals surface area contributed by atoms with E-state index in [1.807, 2.05) is 39.0 Å². The summed E-state index contributed by atoms with van der Waals surface area (Å²) in [6, 6.07) is 46.2. The van der Waals surface area contributed by atoms with Crippen LogP contribution in [0.3, 0.4) is 0 Å². The van der Waals surface area contributed by atoms with Gasteiger partial charge in [-0.2, -0.15) is 15.6 Å². The number of hydrazine groups is 1. The minimum absolute atomic E-state index is 0.00768. The van der Waals surface area contributed by atoms with Crippen molar-refractivity contribution in [3.8, 4) is 46.2 Å². The van der Waals surface area contributed by atoms with E-state index in [4.69, 9.17) is 122 Å². The molecule has 133 heavy (non-hydrogen) atoms. The maximum atomic E-state index is 14.0. The second kappa shape index (κ2) is 51.6. The smallest absolute Gasteiger partial charge is 0.444 e. The van der Waals surface area contributed by atoms with Crippen molar-refractivity contribution >= 4 is 152 Å². The molecule has 8 aromatic carbocycles. The van der Waals surface area contributed by atoms with Crippen molar-refractivity contribution in [3.05, 3.63) is 298 Å². The van der Waals surface area contributed by atoms with E-state index < -0.39 is 48.4 Å². The summed E-state index contributed by atoms with van der Waals surface area (Å²) in [7, 11) is -3.22. The first-order valence-corrected chi connectivity index (χ1v) is 42.6. The predicted octanol–water partition coefficient (Wildman–Crippen LogP) is 11.1. The second-order valence-corrected chi connectivity index (χ2v) is 32.5. The van der Waals surface area contributed by atoms with Crippen LogP contribution in [0.15, 0.2) is 193 Å². The fourth-order valence-corrected chi connectivity index (χ4v) is 13.1. The molecule has 5 amide bonds. The number of hydrogen-bond donors (Lipinski definition) is 15. The fourth-order valence-electron chi connectivity index (χ4n) is 12.0. The number of amides is 5. The first-order valence-electron chi connectivity index (χ1n) is 39.9. The molecule has 2 aliphatic heterocycles. The van der Waals surface area contributed by atoms with E-state index >= 15 is 0 Å². The number of piperidine rings is 2. The van der Waals surface area contributed by atoms with Crippen LogP contribution in [0, 0.1) is 51.8 Å². The van der Waals surface area contributed by atoms with Gasteiger partial charge in [0.1, 0.15) is 51.4 Å². The Hall–Kier alpha value is -13.2. The summed E-state index contributed by atoms with van der Waals surface area (Å²) < 4.78 is 59.9. The van der Waals surface area contributed by atoms with Crippen molar-refractivity contribution in [1.82, 2.24) is 76.7 Å². The maximum Gasteiger partial charge on any atom is 0.488 e. The Bertz CT molecular complexity index is 6180. The molecule has 2 atom stereocenters. The Labute approximate surface area is 794 Å². The van der Waals surface area contributed by atoms with E-state index in [1.54, 1.807) is 77.7 Å². The number of nitrogens with one attached hydrogen (secondary N) is 6. The average molecular weight is 1980 g/mol. The van der Waals surface area contributed by atoms with E-state index in [0.717, 1.165) is 44.6 Å². The van der Waals surface area contributed by atoms with Gasteiger partial charge in [0.05, 0.1) is 35.9 Å². The number of H-pyrrole nitrogens is 1. The molecule has 14 rings (SSSR count). The lowest BCUT2D eigenvalue weighted by Crippen LogP contribution is -2.48. The molecular weight excluding hydrogens is 1900 g/mol. The number of halogens is 10. The number of nitrogens with two attached hydrogens (primary N) is 5. The van der Waals surface area contributed by atoms with Gasteiger partial charge in [0, 0.05) is 127 Å². The second-order valence-electron chi connectivity index (χ2n) is 29.6. The Morgan fingerprint density at radius 2 is 1.01 bits per heavy atom. The number of nitrogens with zero attached hydrogens (tertiary/aromatic N) is 11. The van der Waals surface area contributed by atoms with Gasteiger partial charge in [0.15, 0.2) is 34.5 Å². The molecule has 6 heterocycles. The minimum atomic E-state index is -1.65. The zero-order valence-corrected chi connectivity index (χ0v) is 76.3. The van der Waals surface area contributed by atoms with Crippen LogP contribution in [0.1, 0.15) is 133 Å². The van der Waals surface area contributed by atoms with Crippen LogP contribution in [0.4, 0.5) is 39.8 Å². The van der Waals surface area contributed by atoms with Gasteiger partial charge in [0.25, 0.3) is 23.0 Å². The highest BCUT2D eigenvalue weighted by Gasteiger charge is 2.31. The third-order valence-electron chi connectivity index (χ3n) is 18.9. The molecule has 0 spiro atoms. The Balaban J connectivity index is 0.000000201. The predicted molar refractivity (Wildman–Crippen MR) is 500 cm³/mol. The van der Waals surface area contributed by atoms with Gasteiger partial charge in [-0.25, -0.2) is 63.1 Å². The normalized spacial score (nSPS) is 12.9. The summed E-state index contributed by atoms with van der Waals surface area (Å²) in [5.41, 5.74) is 29.7. The van der Waals surface area contributed by atoms with Crippen LogP contribution >= 0.6 is 73.9 Å². The van der Waals surface area contributed by atoms with E-state index in [9.17, 15) is 46.3 Å². The molecule has 2 saturated heterocycles. The molecule has 20 N–H and O–H groups in total. The number of nitrogen functional groups attached to an aromatic ring is 3. The van der Waals surface area contributed by atoms with Gasteiger partial charge < -0.3 is 73.9 Å². The number of aromatic amines is 1. The van der Waals surface area contributed by atoms with E-state index in [2.05, 4.69) is 87.7 Å². The topological polar surface area (TPSA) is 553 Å². The van der Waals surface area contributed by atoms with Crippen LogP contribution in [0.2, 0.25) is 20.1 Å². The molecule has 45 heteroatoms. The van der Waals surface area contributed by atoms with E-state index in [0.29, 0.717) is 95.2 Å². The first-order chi connectivity index (χ1) is 63.3. The molecule has 0 radical (unpaired) electrons. The molecule has 0 aliphatic carbocycles. The van der Waals surface area contributed by atoms with E-state index in [1.165, 1.54) is 110 Å². The van der Waals surface area contributed by atoms with Crippen LogP contribution in [0.5, 0.6) is 0 Å². The van der Waals surface area contributed by atoms with Gasteiger partial charge >= 0.3 is 20.3 Å². The number of ether oxygens (including phenoxy) is 1. The molecule has 2 aliphatic rings. The van der Waals surface area contributed by atoms with Crippen molar-refractivity contribution < 1.29 is 71.2 Å². The summed E-state index contributed by atoms with van der Waals surface area (Å²) in [6.45, 7) is 8.57. The summed E-state index contributed by atoms with van der Waals surface area (Å²) in [6.07, 6.45) is 7.69. The Morgan fingerprint density at radius 1 is 0.571 bits per heavy atom. The molecule has 4 aromatic heterocycles. The highest BCUT2D eigenvalue weighted by atomic mass is 79.9. The van der Waals surface area contributed by atoms with Gasteiger partial charge in [-0.05, 0) is 176 Å². The summed E-state index contributed by atoms with van der Waals surface area (Å²) in [5, 5.41) is 72.3. The molecule has 2 fully saturated rings. The van der Waals surface area contributed by atoms with Crippen molar-refractivity contribution in [2.75, 3.05) is 43.4 Å². The lowest BCUT2D eigenvalue weighted by atomic mass is 9.79. The molecule has 690 valence electrons. The number of nitriles is 2. The van der Waals surface area contributed by atoms with Crippen molar-refractivity contribution in [3.63, 3.8) is 0 Å². The van der Waals surface area contributed by atoms with Gasteiger partial charge in [-0.15, -0.1) is 0 Å². The standard InChI is InChI=1S/C25H24ClFN8O.C19H13ClFN5O.C14H12BClFNO3.C11H21N3O3.C7H6BClO3.C7H7ClFN.C5H3BrN4/c26-18-7-6-16(19(27)10-18)12-31-25(36)15-4-1-3-14(9-15)20-13-30-22(28)21(32-20)24-33-23(34-35-24)17-5-2-8-29-11-17;20-14-5-4-13(15(21)7-14)9-25-19(27)12-3-1-2-11(6-12)17-10-24-18(23)16(8-22)26-17;16-12-5-4-10(13(17)7-12)8-18-14(19)9-2-1-3-11(6-9)15(20)21;1-11(2,3)17-10(16)14-6-4-5-8(7-14)9(15)13-12;9-7(10)5-2-1-3-6(4-5)8(11)12;8-6-2-1-5(4-10)7(9)3-6;6-4-2-9-5(8)3(1-7)10-4/h1,3-4,6-7,9-10,13,17,29H,2,5,8,11-12H2,(H2,28,30)(H,31,36)(H,33,34,35);1-7,10H,9H2,(H2,23,24)(H,25,27);1-7,20-21H,8H2,(H,18,19);8H,4-7,12H2,1-3H3,(H,13,15);1-4,11-12H;1-3H,4,10H2;2H,(H2,8,9)/t;;;8-;;;/m...0.../s1. The van der Waals surface area contributed by atoms with Gasteiger partial charge in [-0.3, -0.25) is 34.5 Å². The number of anilines is 3. The summed E-state index contributed by atoms with van der Waals surface area (Å²) in [4.78, 5) is 102.